The average molecular weight is 297 g/mol. The molecule has 1 aromatic rings. The van der Waals surface area contributed by atoms with E-state index in [2.05, 4.69) is 6.58 Å². The van der Waals surface area contributed by atoms with E-state index in [4.69, 9.17) is 4.74 Å². The van der Waals surface area contributed by atoms with Crippen molar-refractivity contribution in [2.75, 3.05) is 33.9 Å². The maximum Gasteiger partial charge on any atom is 0.183 e. The Balaban J connectivity index is 2.82. The Hall–Kier alpha value is -1.17. The fourth-order valence-electron chi connectivity index (χ4n) is 1.99. The Bertz CT molecular complexity index is 499. The van der Waals surface area contributed by atoms with Crippen molar-refractivity contribution in [3.05, 3.63) is 43.0 Å². The first-order chi connectivity index (χ1) is 9.52. The van der Waals surface area contributed by atoms with Crippen LogP contribution in [0.15, 0.2) is 47.9 Å². The minimum Gasteiger partial charge on any atom is -0.383 e. The Morgan fingerprint density at radius 2 is 2.00 bits per heavy atom. The molecular weight excluding hydrogens is 274 g/mol. The van der Waals surface area contributed by atoms with Gasteiger partial charge in [0.2, 0.25) is 0 Å². The molecular formula is C15H23NO3S. The van der Waals surface area contributed by atoms with Crippen molar-refractivity contribution in [2.24, 2.45) is 0 Å². The summed E-state index contributed by atoms with van der Waals surface area (Å²) in [6.45, 7) is 5.31. The van der Waals surface area contributed by atoms with Gasteiger partial charge in [0, 0.05) is 13.7 Å². The number of nitrogens with zero attached hydrogens (tertiary/aromatic N) is 1. The second-order valence-corrected chi connectivity index (χ2v) is 7.00. The molecule has 0 aromatic heterocycles. The molecule has 0 fully saturated rings. The first-order valence-corrected chi connectivity index (χ1v) is 8.14. The molecule has 1 rings (SSSR count). The Labute approximate surface area is 122 Å². The number of hydrogen-bond donors (Lipinski definition) is 0. The fraction of sp³-hybridized carbons (Fsp3) is 0.467. The molecule has 0 aliphatic carbocycles. The van der Waals surface area contributed by atoms with Gasteiger partial charge >= 0.3 is 0 Å². The van der Waals surface area contributed by atoms with Crippen molar-refractivity contribution in [3.8, 4) is 0 Å². The van der Waals surface area contributed by atoms with E-state index in [0.717, 1.165) is 6.54 Å². The van der Waals surface area contributed by atoms with Gasteiger partial charge in [-0.05, 0) is 32.1 Å². The van der Waals surface area contributed by atoms with Crippen molar-refractivity contribution in [1.82, 2.24) is 4.90 Å². The summed E-state index contributed by atoms with van der Waals surface area (Å²) in [5, 5.41) is -0.526. The molecule has 0 heterocycles. The van der Waals surface area contributed by atoms with Gasteiger partial charge in [0.25, 0.3) is 0 Å². The van der Waals surface area contributed by atoms with Crippen LogP contribution in [0.3, 0.4) is 0 Å². The van der Waals surface area contributed by atoms with E-state index in [1.165, 1.54) is 7.11 Å². The Kier molecular flexibility index (Phi) is 6.91. The highest BCUT2D eigenvalue weighted by Gasteiger charge is 2.27. The lowest BCUT2D eigenvalue weighted by molar-refractivity contribution is 0.190. The molecule has 1 atom stereocenters. The summed E-state index contributed by atoms with van der Waals surface area (Å²) in [6, 6.07) is 8.54. The van der Waals surface area contributed by atoms with Crippen LogP contribution in [0.5, 0.6) is 0 Å². The molecule has 0 aliphatic rings. The third-order valence-corrected chi connectivity index (χ3v) is 5.32. The number of ether oxygens (including phenoxy) is 1. The van der Waals surface area contributed by atoms with Crippen LogP contribution in [0.1, 0.15) is 6.42 Å². The van der Waals surface area contributed by atoms with Crippen molar-refractivity contribution in [3.63, 3.8) is 0 Å². The number of hydrogen-bond acceptors (Lipinski definition) is 4. The Morgan fingerprint density at radius 1 is 1.35 bits per heavy atom. The minimum absolute atomic E-state index is 0.207. The van der Waals surface area contributed by atoms with Crippen LogP contribution in [0.2, 0.25) is 0 Å². The minimum atomic E-state index is -3.35. The number of benzene rings is 1. The molecule has 0 amide bonds. The van der Waals surface area contributed by atoms with Crippen LogP contribution >= 0.6 is 0 Å². The van der Waals surface area contributed by atoms with Gasteiger partial charge in [0.05, 0.1) is 16.8 Å². The number of likely N-dealkylation sites (N-methyl/N-ethyl adjacent to an activating group) is 1. The molecule has 0 aliphatic heterocycles. The second-order valence-electron chi connectivity index (χ2n) is 4.78. The zero-order valence-corrected chi connectivity index (χ0v) is 13.0. The van der Waals surface area contributed by atoms with E-state index in [-0.39, 0.29) is 6.61 Å². The van der Waals surface area contributed by atoms with Gasteiger partial charge in [-0.15, -0.1) is 6.58 Å². The van der Waals surface area contributed by atoms with Gasteiger partial charge in [0.15, 0.2) is 9.84 Å². The van der Waals surface area contributed by atoms with E-state index >= 15 is 0 Å². The molecule has 0 saturated carbocycles. The summed E-state index contributed by atoms with van der Waals surface area (Å²) >= 11 is 0. The summed E-state index contributed by atoms with van der Waals surface area (Å²) in [5.74, 6) is 0. The summed E-state index contributed by atoms with van der Waals surface area (Å²) in [7, 11) is 0.123. The van der Waals surface area contributed by atoms with Crippen LogP contribution in [0.4, 0.5) is 0 Å². The van der Waals surface area contributed by atoms with E-state index in [1.54, 1.807) is 30.3 Å². The summed E-state index contributed by atoms with van der Waals surface area (Å²) in [4.78, 5) is 2.39. The number of sulfone groups is 1. The van der Waals surface area contributed by atoms with Crippen LogP contribution in [-0.2, 0) is 14.6 Å². The van der Waals surface area contributed by atoms with Gasteiger partial charge < -0.3 is 9.64 Å². The monoisotopic (exact) mass is 297 g/mol. The molecule has 1 unspecified atom stereocenters. The van der Waals surface area contributed by atoms with Crippen molar-refractivity contribution >= 4 is 9.84 Å². The lowest BCUT2D eigenvalue weighted by Crippen LogP contribution is -2.31. The topological polar surface area (TPSA) is 46.6 Å². The Morgan fingerprint density at radius 3 is 2.55 bits per heavy atom. The molecule has 1 aromatic carbocycles. The standard InChI is InChI=1S/C15H23NO3S/c1-4-11-16(2)12-10-15(13-19-3)20(17,18)14-8-6-5-7-9-14/h4-9,15H,1,10-13H2,2-3H3. The van der Waals surface area contributed by atoms with Crippen LogP contribution in [-0.4, -0.2) is 52.4 Å². The molecule has 20 heavy (non-hydrogen) atoms. The van der Waals surface area contributed by atoms with Crippen molar-refractivity contribution < 1.29 is 13.2 Å². The normalized spacial score (nSPS) is 13.3. The third-order valence-electron chi connectivity index (χ3n) is 3.14. The summed E-state index contributed by atoms with van der Waals surface area (Å²) in [6.07, 6.45) is 2.34. The number of rotatable bonds is 9. The largest absolute Gasteiger partial charge is 0.383 e. The third kappa shape index (κ3) is 4.74. The van der Waals surface area contributed by atoms with E-state index in [9.17, 15) is 8.42 Å². The van der Waals surface area contributed by atoms with Crippen LogP contribution in [0, 0.1) is 0 Å². The maximum atomic E-state index is 12.6. The van der Waals surface area contributed by atoms with Crippen LogP contribution in [0.25, 0.3) is 0 Å². The average Bonchev–Trinajstić information content (AvgIpc) is 2.44. The first-order valence-electron chi connectivity index (χ1n) is 6.59. The highest BCUT2D eigenvalue weighted by Crippen LogP contribution is 2.18. The van der Waals surface area contributed by atoms with Crippen molar-refractivity contribution in [1.29, 1.82) is 0 Å². The molecule has 4 nitrogen and oxygen atoms in total. The molecule has 112 valence electrons. The predicted octanol–water partition coefficient (Wildman–Crippen LogP) is 1.98. The first kappa shape index (κ1) is 16.9. The second kappa shape index (κ2) is 8.19. The molecule has 0 radical (unpaired) electrons. The molecule has 0 saturated heterocycles. The van der Waals surface area contributed by atoms with Gasteiger partial charge in [-0.1, -0.05) is 24.3 Å². The maximum absolute atomic E-state index is 12.6. The van der Waals surface area contributed by atoms with Crippen LogP contribution < -0.4 is 0 Å². The number of methoxy groups -OCH3 is 1. The van der Waals surface area contributed by atoms with E-state index in [0.29, 0.717) is 17.9 Å². The highest BCUT2D eigenvalue weighted by molar-refractivity contribution is 7.92. The summed E-state index contributed by atoms with van der Waals surface area (Å²) in [5.41, 5.74) is 0. The molecule has 0 N–H and O–H groups in total. The SMILES string of the molecule is C=CCN(C)CCC(COC)S(=O)(=O)c1ccccc1. The van der Waals surface area contributed by atoms with Gasteiger partial charge in [0.1, 0.15) is 0 Å². The van der Waals surface area contributed by atoms with E-state index < -0.39 is 15.1 Å². The fourth-order valence-corrected chi connectivity index (χ4v) is 3.64. The zero-order chi connectivity index (χ0) is 15.0. The van der Waals surface area contributed by atoms with Gasteiger partial charge in [-0.3, -0.25) is 0 Å². The molecule has 5 heteroatoms. The highest BCUT2D eigenvalue weighted by atomic mass is 32.2. The zero-order valence-electron chi connectivity index (χ0n) is 12.2. The molecule has 0 bridgehead atoms. The lowest BCUT2D eigenvalue weighted by atomic mass is 10.3. The van der Waals surface area contributed by atoms with Crippen molar-refractivity contribution in [2.45, 2.75) is 16.6 Å². The van der Waals surface area contributed by atoms with Gasteiger partial charge in [-0.25, -0.2) is 8.42 Å². The quantitative estimate of drug-likeness (QED) is 0.654. The summed E-state index contributed by atoms with van der Waals surface area (Å²) < 4.78 is 30.2. The van der Waals surface area contributed by atoms with E-state index in [1.807, 2.05) is 18.0 Å². The lowest BCUT2D eigenvalue weighted by Gasteiger charge is -2.20. The van der Waals surface area contributed by atoms with Gasteiger partial charge in [-0.2, -0.15) is 0 Å². The molecule has 0 spiro atoms. The predicted molar refractivity (Wildman–Crippen MR) is 81.6 cm³/mol. The smallest absolute Gasteiger partial charge is 0.183 e.